The number of benzene rings is 1. The summed E-state index contributed by atoms with van der Waals surface area (Å²) >= 11 is 0. The smallest absolute Gasteiger partial charge is 0.306 e. The van der Waals surface area contributed by atoms with Gasteiger partial charge in [-0.05, 0) is 13.5 Å². The van der Waals surface area contributed by atoms with Crippen molar-refractivity contribution in [2.24, 2.45) is 11.5 Å². The molecule has 2 rings (SSSR count). The van der Waals surface area contributed by atoms with Gasteiger partial charge >= 0.3 is 5.97 Å². The van der Waals surface area contributed by atoms with Crippen LogP contribution in [-0.2, 0) is 9.53 Å². The van der Waals surface area contributed by atoms with E-state index < -0.39 is 23.8 Å². The lowest BCUT2D eigenvalue weighted by atomic mass is 10.1. The Hall–Kier alpha value is -1.73. The number of halogens is 2. The molecule has 2 unspecified atom stereocenters. The highest BCUT2D eigenvalue weighted by Crippen LogP contribution is 2.19. The molecular weight excluding hydrogens is 270 g/mol. The van der Waals surface area contributed by atoms with E-state index in [1.807, 2.05) is 0 Å². The van der Waals surface area contributed by atoms with Crippen molar-refractivity contribution in [1.82, 2.24) is 0 Å². The molecule has 1 aromatic carbocycles. The van der Waals surface area contributed by atoms with E-state index in [1.54, 1.807) is 0 Å². The number of carbonyl (C=O) groups excluding carboxylic acids is 1. The maximum Gasteiger partial charge on any atom is 0.306 e. The number of hydrogen-bond acceptors (Lipinski definition) is 5. The van der Waals surface area contributed by atoms with E-state index in [0.29, 0.717) is 12.8 Å². The SMILES string of the molecule is CN.NC(COc1cc(F)cc(F)c1)C1CCC(=O)O1. The third-order valence-corrected chi connectivity index (χ3v) is 2.67. The number of cyclic esters (lactones) is 1. The van der Waals surface area contributed by atoms with E-state index >= 15 is 0 Å². The summed E-state index contributed by atoms with van der Waals surface area (Å²) in [5.74, 6) is -1.66. The first-order valence-electron chi connectivity index (χ1n) is 6.16. The molecule has 0 radical (unpaired) electrons. The molecule has 2 atom stereocenters. The molecule has 1 fully saturated rings. The van der Waals surface area contributed by atoms with Crippen LogP contribution in [-0.4, -0.2) is 31.8 Å². The molecule has 0 bridgehead atoms. The van der Waals surface area contributed by atoms with Crippen molar-refractivity contribution >= 4 is 5.97 Å². The Morgan fingerprint density at radius 1 is 1.35 bits per heavy atom. The van der Waals surface area contributed by atoms with Crippen molar-refractivity contribution in [2.45, 2.75) is 25.0 Å². The number of carbonyl (C=O) groups is 1. The average molecular weight is 288 g/mol. The van der Waals surface area contributed by atoms with Crippen LogP contribution in [0, 0.1) is 11.6 Å². The maximum atomic E-state index is 12.9. The zero-order chi connectivity index (χ0) is 15.1. The zero-order valence-corrected chi connectivity index (χ0v) is 11.1. The first-order chi connectivity index (χ1) is 9.54. The van der Waals surface area contributed by atoms with Gasteiger partial charge in [-0.1, -0.05) is 0 Å². The minimum Gasteiger partial charge on any atom is -0.492 e. The van der Waals surface area contributed by atoms with Crippen LogP contribution in [0.3, 0.4) is 0 Å². The van der Waals surface area contributed by atoms with E-state index in [1.165, 1.54) is 7.05 Å². The minimum absolute atomic E-state index is 0.0286. The Kier molecular flexibility index (Phi) is 6.33. The van der Waals surface area contributed by atoms with Gasteiger partial charge in [0.2, 0.25) is 0 Å². The molecule has 1 aliphatic heterocycles. The van der Waals surface area contributed by atoms with E-state index in [4.69, 9.17) is 15.2 Å². The van der Waals surface area contributed by atoms with Crippen molar-refractivity contribution in [3.05, 3.63) is 29.8 Å². The van der Waals surface area contributed by atoms with E-state index in [0.717, 1.165) is 18.2 Å². The predicted molar refractivity (Wildman–Crippen MR) is 69.1 cm³/mol. The predicted octanol–water partition coefficient (Wildman–Crippen LogP) is 0.951. The zero-order valence-electron chi connectivity index (χ0n) is 11.1. The Labute approximate surface area is 115 Å². The van der Waals surface area contributed by atoms with Crippen molar-refractivity contribution in [3.8, 4) is 5.75 Å². The number of esters is 1. The first kappa shape index (κ1) is 16.3. The summed E-state index contributed by atoms with van der Waals surface area (Å²) in [7, 11) is 1.50. The lowest BCUT2D eigenvalue weighted by molar-refractivity contribution is -0.142. The van der Waals surface area contributed by atoms with E-state index in [2.05, 4.69) is 5.73 Å². The third kappa shape index (κ3) is 4.75. The van der Waals surface area contributed by atoms with Gasteiger partial charge in [0.1, 0.15) is 30.1 Å². The topological polar surface area (TPSA) is 87.6 Å². The van der Waals surface area contributed by atoms with Gasteiger partial charge in [0.15, 0.2) is 0 Å². The van der Waals surface area contributed by atoms with Crippen molar-refractivity contribution in [2.75, 3.05) is 13.7 Å². The summed E-state index contributed by atoms with van der Waals surface area (Å²) in [6, 6.07) is 2.38. The van der Waals surface area contributed by atoms with Crippen LogP contribution in [0.15, 0.2) is 18.2 Å². The fraction of sp³-hybridized carbons (Fsp3) is 0.462. The van der Waals surface area contributed by atoms with E-state index in [9.17, 15) is 13.6 Å². The van der Waals surface area contributed by atoms with Crippen LogP contribution in [0.25, 0.3) is 0 Å². The van der Waals surface area contributed by atoms with Crippen LogP contribution < -0.4 is 16.2 Å². The lowest BCUT2D eigenvalue weighted by Gasteiger charge is -2.18. The standard InChI is InChI=1S/C12H13F2NO3.CH5N/c13-7-3-8(14)5-9(4-7)17-6-10(15)11-1-2-12(16)18-11;1-2/h3-5,10-11H,1-2,6,15H2;2H2,1H3. The molecule has 0 amide bonds. The fourth-order valence-electron chi connectivity index (χ4n) is 1.76. The van der Waals surface area contributed by atoms with Crippen LogP contribution in [0.2, 0.25) is 0 Å². The second-order valence-electron chi connectivity index (χ2n) is 4.15. The largest absolute Gasteiger partial charge is 0.492 e. The van der Waals surface area contributed by atoms with Gasteiger partial charge in [-0.25, -0.2) is 8.78 Å². The fourth-order valence-corrected chi connectivity index (χ4v) is 1.76. The average Bonchev–Trinajstić information content (AvgIpc) is 2.84. The second-order valence-corrected chi connectivity index (χ2v) is 4.15. The van der Waals surface area contributed by atoms with Gasteiger partial charge in [-0.3, -0.25) is 4.79 Å². The monoisotopic (exact) mass is 288 g/mol. The Bertz CT molecular complexity index is 437. The Morgan fingerprint density at radius 2 is 1.95 bits per heavy atom. The highest BCUT2D eigenvalue weighted by Gasteiger charge is 2.29. The molecular formula is C13H18F2N2O3. The molecule has 7 heteroatoms. The molecule has 1 aromatic rings. The van der Waals surface area contributed by atoms with Crippen LogP contribution in [0.5, 0.6) is 5.75 Å². The molecule has 1 saturated heterocycles. The molecule has 0 saturated carbocycles. The quantitative estimate of drug-likeness (QED) is 0.805. The molecule has 1 aliphatic rings. The number of nitrogens with two attached hydrogens (primary N) is 2. The number of hydrogen-bond donors (Lipinski definition) is 2. The van der Waals surface area contributed by atoms with Gasteiger partial charge in [-0.15, -0.1) is 0 Å². The highest BCUT2D eigenvalue weighted by atomic mass is 19.1. The summed E-state index contributed by atoms with van der Waals surface area (Å²) in [5, 5.41) is 0. The number of ether oxygens (including phenoxy) is 2. The summed E-state index contributed by atoms with van der Waals surface area (Å²) in [6.45, 7) is 0.0286. The van der Waals surface area contributed by atoms with Crippen molar-refractivity contribution < 1.29 is 23.0 Å². The molecule has 20 heavy (non-hydrogen) atoms. The molecule has 0 aliphatic carbocycles. The third-order valence-electron chi connectivity index (χ3n) is 2.67. The van der Waals surface area contributed by atoms with Gasteiger partial charge in [0, 0.05) is 24.6 Å². The van der Waals surface area contributed by atoms with Gasteiger partial charge in [-0.2, -0.15) is 0 Å². The molecule has 0 aromatic heterocycles. The molecule has 112 valence electrons. The van der Waals surface area contributed by atoms with Crippen LogP contribution >= 0.6 is 0 Å². The van der Waals surface area contributed by atoms with Gasteiger partial charge < -0.3 is 20.9 Å². The lowest BCUT2D eigenvalue weighted by Crippen LogP contribution is -2.39. The summed E-state index contributed by atoms with van der Waals surface area (Å²) < 4.78 is 35.9. The van der Waals surface area contributed by atoms with Crippen LogP contribution in [0.1, 0.15) is 12.8 Å². The van der Waals surface area contributed by atoms with Gasteiger partial charge in [0.05, 0.1) is 6.04 Å². The molecule has 0 spiro atoms. The summed E-state index contributed by atoms with van der Waals surface area (Å²) in [6.07, 6.45) is 0.490. The normalized spacial score (nSPS) is 18.9. The Morgan fingerprint density at radius 3 is 2.45 bits per heavy atom. The first-order valence-corrected chi connectivity index (χ1v) is 6.16. The maximum absolute atomic E-state index is 12.9. The molecule has 1 heterocycles. The van der Waals surface area contributed by atoms with E-state index in [-0.39, 0.29) is 18.3 Å². The van der Waals surface area contributed by atoms with Crippen molar-refractivity contribution in [3.63, 3.8) is 0 Å². The van der Waals surface area contributed by atoms with Crippen molar-refractivity contribution in [1.29, 1.82) is 0 Å². The molecule has 5 nitrogen and oxygen atoms in total. The second kappa shape index (κ2) is 7.76. The minimum atomic E-state index is -0.717. The van der Waals surface area contributed by atoms with Crippen LogP contribution in [0.4, 0.5) is 8.78 Å². The Balaban J connectivity index is 0.000000956. The number of rotatable bonds is 4. The summed E-state index contributed by atoms with van der Waals surface area (Å²) in [5.41, 5.74) is 10.3. The van der Waals surface area contributed by atoms with Gasteiger partial charge in [0.25, 0.3) is 0 Å². The summed E-state index contributed by atoms with van der Waals surface area (Å²) in [4.78, 5) is 10.9. The highest BCUT2D eigenvalue weighted by molar-refractivity contribution is 5.71. The molecule has 4 N–H and O–H groups in total.